The molecule has 4 nitrogen and oxygen atoms in total. The zero-order chi connectivity index (χ0) is 19.1. The van der Waals surface area contributed by atoms with Crippen molar-refractivity contribution in [3.05, 3.63) is 99.3 Å². The SMILES string of the molecule is CN(c1ccccc1)c1ccc(/C=c2\sc3nc4ccccc4n3c2=O)cc1. The zero-order valence-corrected chi connectivity index (χ0v) is 16.1. The first-order valence-electron chi connectivity index (χ1n) is 9.01. The monoisotopic (exact) mass is 383 g/mol. The third-order valence-electron chi connectivity index (χ3n) is 4.87. The summed E-state index contributed by atoms with van der Waals surface area (Å²) in [6, 6.07) is 26.2. The van der Waals surface area contributed by atoms with Gasteiger partial charge in [0.25, 0.3) is 5.56 Å². The van der Waals surface area contributed by atoms with Gasteiger partial charge in [0.2, 0.25) is 0 Å². The van der Waals surface area contributed by atoms with Crippen molar-refractivity contribution < 1.29 is 0 Å². The molecular formula is C23H17N3OS. The molecule has 0 aliphatic rings. The minimum Gasteiger partial charge on any atom is -0.345 e. The summed E-state index contributed by atoms with van der Waals surface area (Å²) in [6.07, 6.45) is 1.93. The molecule has 2 heterocycles. The fourth-order valence-corrected chi connectivity index (χ4v) is 4.35. The predicted octanol–water partition coefficient (Wildman–Crippen LogP) is 4.22. The molecule has 0 N–H and O–H groups in total. The molecule has 0 atom stereocenters. The molecule has 0 bridgehead atoms. The summed E-state index contributed by atoms with van der Waals surface area (Å²) < 4.78 is 2.39. The van der Waals surface area contributed by atoms with E-state index >= 15 is 0 Å². The van der Waals surface area contributed by atoms with Crippen LogP contribution in [0.1, 0.15) is 5.56 Å². The summed E-state index contributed by atoms with van der Waals surface area (Å²) in [4.78, 5) is 20.3. The van der Waals surface area contributed by atoms with E-state index in [1.54, 1.807) is 4.40 Å². The van der Waals surface area contributed by atoms with E-state index in [1.807, 2.05) is 67.7 Å². The van der Waals surface area contributed by atoms with E-state index in [4.69, 9.17) is 0 Å². The van der Waals surface area contributed by atoms with Gasteiger partial charge in [0.15, 0.2) is 4.96 Å². The predicted molar refractivity (Wildman–Crippen MR) is 117 cm³/mol. The van der Waals surface area contributed by atoms with Gasteiger partial charge in [-0.1, -0.05) is 53.8 Å². The van der Waals surface area contributed by atoms with Crippen molar-refractivity contribution in [2.45, 2.75) is 0 Å². The van der Waals surface area contributed by atoms with Crippen LogP contribution in [0.3, 0.4) is 0 Å². The van der Waals surface area contributed by atoms with Crippen LogP contribution in [0, 0.1) is 0 Å². The van der Waals surface area contributed by atoms with Gasteiger partial charge in [0, 0.05) is 18.4 Å². The van der Waals surface area contributed by atoms with Crippen molar-refractivity contribution >= 4 is 44.8 Å². The average Bonchev–Trinajstić information content (AvgIpc) is 3.25. The quantitative estimate of drug-likeness (QED) is 0.468. The fourth-order valence-electron chi connectivity index (χ4n) is 3.36. The number of rotatable bonds is 3. The number of aromatic nitrogens is 2. The Labute approximate surface area is 165 Å². The van der Waals surface area contributed by atoms with Crippen LogP contribution in [0.15, 0.2) is 83.7 Å². The highest BCUT2D eigenvalue weighted by Crippen LogP contribution is 2.23. The number of nitrogens with zero attached hydrogens (tertiary/aromatic N) is 3. The number of anilines is 2. The lowest BCUT2D eigenvalue weighted by molar-refractivity contribution is 1.19. The van der Waals surface area contributed by atoms with Gasteiger partial charge in [-0.05, 0) is 48.0 Å². The Bertz CT molecular complexity index is 1390. The maximum Gasteiger partial charge on any atom is 0.274 e. The molecule has 28 heavy (non-hydrogen) atoms. The molecule has 5 heteroatoms. The number of hydrogen-bond acceptors (Lipinski definition) is 4. The Balaban J connectivity index is 1.53. The molecule has 0 unspecified atom stereocenters. The molecule has 0 aliphatic heterocycles. The molecule has 0 amide bonds. The van der Waals surface area contributed by atoms with Crippen LogP contribution < -0.4 is 15.0 Å². The largest absolute Gasteiger partial charge is 0.345 e. The van der Waals surface area contributed by atoms with E-state index in [2.05, 4.69) is 34.1 Å². The van der Waals surface area contributed by atoms with Crippen LogP contribution in [0.5, 0.6) is 0 Å². The minimum absolute atomic E-state index is 0.0146. The summed E-state index contributed by atoms with van der Waals surface area (Å²) in [5.41, 5.74) is 4.92. The highest BCUT2D eigenvalue weighted by Gasteiger charge is 2.10. The minimum atomic E-state index is -0.0146. The van der Waals surface area contributed by atoms with Crippen molar-refractivity contribution in [1.82, 2.24) is 9.38 Å². The third kappa shape index (κ3) is 2.77. The van der Waals surface area contributed by atoms with Crippen LogP contribution in [0.2, 0.25) is 0 Å². The van der Waals surface area contributed by atoms with E-state index in [0.29, 0.717) is 4.53 Å². The molecule has 3 aromatic carbocycles. The van der Waals surface area contributed by atoms with Crippen LogP contribution >= 0.6 is 11.3 Å². The second-order valence-electron chi connectivity index (χ2n) is 6.62. The van der Waals surface area contributed by atoms with Gasteiger partial charge in [-0.2, -0.15) is 0 Å². The Morgan fingerprint density at radius 1 is 0.893 bits per heavy atom. The number of benzene rings is 3. The van der Waals surface area contributed by atoms with Crippen molar-refractivity contribution in [3.63, 3.8) is 0 Å². The molecule has 0 saturated heterocycles. The molecule has 5 aromatic rings. The highest BCUT2D eigenvalue weighted by molar-refractivity contribution is 7.15. The fraction of sp³-hybridized carbons (Fsp3) is 0.0435. The maximum absolute atomic E-state index is 12.9. The van der Waals surface area contributed by atoms with Crippen LogP contribution in [-0.4, -0.2) is 16.4 Å². The molecule has 2 aromatic heterocycles. The van der Waals surface area contributed by atoms with Crippen molar-refractivity contribution in [2.24, 2.45) is 0 Å². The molecule has 0 fully saturated rings. The topological polar surface area (TPSA) is 37.6 Å². The van der Waals surface area contributed by atoms with Gasteiger partial charge in [-0.25, -0.2) is 9.38 Å². The van der Waals surface area contributed by atoms with Gasteiger partial charge in [-0.3, -0.25) is 4.79 Å². The Kier molecular flexibility index (Phi) is 3.95. The molecular weight excluding hydrogens is 366 g/mol. The first-order chi connectivity index (χ1) is 13.7. The number of fused-ring (bicyclic) bond motifs is 3. The molecule has 0 aliphatic carbocycles. The first-order valence-corrected chi connectivity index (χ1v) is 9.83. The van der Waals surface area contributed by atoms with Crippen molar-refractivity contribution in [3.8, 4) is 0 Å². The van der Waals surface area contributed by atoms with Gasteiger partial charge in [0.1, 0.15) is 0 Å². The van der Waals surface area contributed by atoms with E-state index < -0.39 is 0 Å². The van der Waals surface area contributed by atoms with E-state index in [9.17, 15) is 4.79 Å². The average molecular weight is 383 g/mol. The molecule has 136 valence electrons. The van der Waals surface area contributed by atoms with Crippen molar-refractivity contribution in [1.29, 1.82) is 0 Å². The number of hydrogen-bond donors (Lipinski definition) is 0. The second-order valence-corrected chi connectivity index (χ2v) is 7.63. The highest BCUT2D eigenvalue weighted by atomic mass is 32.1. The lowest BCUT2D eigenvalue weighted by atomic mass is 10.2. The lowest BCUT2D eigenvalue weighted by Gasteiger charge is -2.19. The van der Waals surface area contributed by atoms with Crippen LogP contribution in [-0.2, 0) is 0 Å². The van der Waals surface area contributed by atoms with Crippen LogP contribution in [0.4, 0.5) is 11.4 Å². The zero-order valence-electron chi connectivity index (χ0n) is 15.2. The Morgan fingerprint density at radius 2 is 1.57 bits per heavy atom. The molecule has 5 rings (SSSR count). The van der Waals surface area contributed by atoms with Gasteiger partial charge >= 0.3 is 0 Å². The maximum atomic E-state index is 12.9. The number of para-hydroxylation sites is 3. The first kappa shape index (κ1) is 16.7. The molecule has 0 saturated carbocycles. The van der Waals surface area contributed by atoms with Gasteiger partial charge in [-0.15, -0.1) is 0 Å². The van der Waals surface area contributed by atoms with Gasteiger partial charge < -0.3 is 4.90 Å². The third-order valence-corrected chi connectivity index (χ3v) is 5.84. The standard InChI is InChI=1S/C23H17N3OS/c1-25(17-7-3-2-4-8-17)18-13-11-16(12-14-18)15-21-22(27)26-20-10-6-5-9-19(20)24-23(26)28-21/h2-15H,1H3/b21-15-. The summed E-state index contributed by atoms with van der Waals surface area (Å²) in [5, 5.41) is 0. The van der Waals surface area contributed by atoms with E-state index in [1.165, 1.54) is 11.3 Å². The lowest BCUT2D eigenvalue weighted by Crippen LogP contribution is -2.22. The van der Waals surface area contributed by atoms with E-state index in [0.717, 1.165) is 32.9 Å². The Morgan fingerprint density at radius 3 is 2.36 bits per heavy atom. The van der Waals surface area contributed by atoms with Crippen molar-refractivity contribution in [2.75, 3.05) is 11.9 Å². The summed E-state index contributed by atoms with van der Waals surface area (Å²) in [7, 11) is 2.04. The van der Waals surface area contributed by atoms with Crippen LogP contribution in [0.25, 0.3) is 22.1 Å². The number of thiazole rings is 1. The smallest absolute Gasteiger partial charge is 0.274 e. The second kappa shape index (κ2) is 6.62. The summed E-state index contributed by atoms with van der Waals surface area (Å²) in [6.45, 7) is 0. The normalized spacial score (nSPS) is 12.1. The summed E-state index contributed by atoms with van der Waals surface area (Å²) in [5.74, 6) is 0. The molecule has 0 spiro atoms. The molecule has 0 radical (unpaired) electrons. The summed E-state index contributed by atoms with van der Waals surface area (Å²) >= 11 is 1.43. The van der Waals surface area contributed by atoms with Gasteiger partial charge in [0.05, 0.1) is 15.6 Å². The van der Waals surface area contributed by atoms with E-state index in [-0.39, 0.29) is 5.56 Å². The Hall–Kier alpha value is -3.44. The number of imidazole rings is 1.